The van der Waals surface area contributed by atoms with E-state index < -0.39 is 0 Å². The van der Waals surface area contributed by atoms with Crippen LogP contribution in [-0.2, 0) is 17.9 Å². The molecule has 0 unspecified atom stereocenters. The standard InChI is InChI=1S/C14H13N3O3S2/c1-9-8-22-14(19)17(9)6-12(18)15-5-10-7-20-13(16-10)11-3-2-4-21-11/h2-4,7-8H,5-6H2,1H3,(H,15,18). The van der Waals surface area contributed by atoms with Gasteiger partial charge in [0, 0.05) is 11.1 Å². The third-order valence-electron chi connectivity index (χ3n) is 3.03. The first-order valence-electron chi connectivity index (χ1n) is 6.53. The summed E-state index contributed by atoms with van der Waals surface area (Å²) in [4.78, 5) is 28.6. The van der Waals surface area contributed by atoms with Crippen LogP contribution in [0, 0.1) is 6.92 Å². The van der Waals surface area contributed by atoms with Crippen LogP contribution in [-0.4, -0.2) is 15.5 Å². The highest BCUT2D eigenvalue weighted by atomic mass is 32.1. The van der Waals surface area contributed by atoms with Crippen LogP contribution in [0.3, 0.4) is 0 Å². The Labute approximate surface area is 134 Å². The van der Waals surface area contributed by atoms with Crippen LogP contribution in [0.15, 0.2) is 38.4 Å². The van der Waals surface area contributed by atoms with Gasteiger partial charge in [0.05, 0.1) is 17.1 Å². The summed E-state index contributed by atoms with van der Waals surface area (Å²) in [6, 6.07) is 3.84. The van der Waals surface area contributed by atoms with Crippen LogP contribution < -0.4 is 10.2 Å². The topological polar surface area (TPSA) is 77.1 Å². The highest BCUT2D eigenvalue weighted by molar-refractivity contribution is 7.13. The number of carbonyl (C=O) groups is 1. The Morgan fingerprint density at radius 2 is 2.32 bits per heavy atom. The summed E-state index contributed by atoms with van der Waals surface area (Å²) in [5.74, 6) is 0.313. The molecule has 0 saturated heterocycles. The first-order chi connectivity index (χ1) is 10.6. The molecule has 0 aliphatic rings. The lowest BCUT2D eigenvalue weighted by atomic mass is 10.4. The van der Waals surface area contributed by atoms with Crippen LogP contribution in [0.25, 0.3) is 10.8 Å². The fraction of sp³-hybridized carbons (Fsp3) is 0.214. The average Bonchev–Trinajstić information content (AvgIpc) is 3.22. The molecular formula is C14H13N3O3S2. The maximum absolute atomic E-state index is 11.9. The van der Waals surface area contributed by atoms with E-state index in [1.165, 1.54) is 22.2 Å². The van der Waals surface area contributed by atoms with Gasteiger partial charge < -0.3 is 9.73 Å². The zero-order chi connectivity index (χ0) is 15.5. The summed E-state index contributed by atoms with van der Waals surface area (Å²) in [6.45, 7) is 2.09. The van der Waals surface area contributed by atoms with Gasteiger partial charge in [-0.25, -0.2) is 4.98 Å². The summed E-state index contributed by atoms with van der Waals surface area (Å²) in [5, 5.41) is 6.42. The zero-order valence-corrected chi connectivity index (χ0v) is 13.4. The van der Waals surface area contributed by atoms with Crippen molar-refractivity contribution in [1.82, 2.24) is 14.9 Å². The maximum Gasteiger partial charge on any atom is 0.307 e. The molecule has 3 aromatic heterocycles. The van der Waals surface area contributed by atoms with Gasteiger partial charge in [0.1, 0.15) is 12.8 Å². The fourth-order valence-electron chi connectivity index (χ4n) is 1.89. The number of hydrogen-bond donors (Lipinski definition) is 1. The molecule has 0 saturated carbocycles. The number of carbonyl (C=O) groups excluding carboxylic acids is 1. The number of rotatable bonds is 5. The van der Waals surface area contributed by atoms with Gasteiger partial charge in [-0.2, -0.15) is 0 Å². The normalized spacial score (nSPS) is 10.8. The largest absolute Gasteiger partial charge is 0.443 e. The molecule has 22 heavy (non-hydrogen) atoms. The second-order valence-corrected chi connectivity index (χ2v) is 6.40. The average molecular weight is 335 g/mol. The van der Waals surface area contributed by atoms with Gasteiger partial charge in [-0.05, 0) is 18.4 Å². The molecule has 1 N–H and O–H groups in total. The molecule has 3 heterocycles. The molecule has 3 rings (SSSR count). The van der Waals surface area contributed by atoms with Crippen LogP contribution >= 0.6 is 22.7 Å². The molecule has 6 nitrogen and oxygen atoms in total. The van der Waals surface area contributed by atoms with E-state index in [2.05, 4.69) is 10.3 Å². The third-order valence-corrected chi connectivity index (χ3v) is 4.77. The van der Waals surface area contributed by atoms with Crippen molar-refractivity contribution >= 4 is 28.6 Å². The van der Waals surface area contributed by atoms with Gasteiger partial charge in [-0.3, -0.25) is 14.2 Å². The van der Waals surface area contributed by atoms with E-state index in [1.54, 1.807) is 12.3 Å². The Bertz CT molecular complexity index is 830. The number of amides is 1. The molecule has 114 valence electrons. The van der Waals surface area contributed by atoms with Crippen molar-refractivity contribution in [3.63, 3.8) is 0 Å². The van der Waals surface area contributed by atoms with Gasteiger partial charge in [0.2, 0.25) is 11.8 Å². The van der Waals surface area contributed by atoms with Crippen LogP contribution in [0.1, 0.15) is 11.4 Å². The first-order valence-corrected chi connectivity index (χ1v) is 8.29. The van der Waals surface area contributed by atoms with E-state index in [0.29, 0.717) is 11.6 Å². The lowest BCUT2D eigenvalue weighted by Gasteiger charge is -2.04. The minimum atomic E-state index is -0.232. The van der Waals surface area contributed by atoms with Crippen molar-refractivity contribution in [3.8, 4) is 10.8 Å². The summed E-state index contributed by atoms with van der Waals surface area (Å²) in [5.41, 5.74) is 1.43. The number of thiophene rings is 1. The molecule has 1 amide bonds. The van der Waals surface area contributed by atoms with Gasteiger partial charge in [0.15, 0.2) is 0 Å². The van der Waals surface area contributed by atoms with Gasteiger partial charge in [-0.15, -0.1) is 11.3 Å². The molecule has 0 spiro atoms. The molecule has 0 aliphatic heterocycles. The van der Waals surface area contributed by atoms with Crippen molar-refractivity contribution < 1.29 is 9.21 Å². The predicted molar refractivity (Wildman–Crippen MR) is 85.0 cm³/mol. The van der Waals surface area contributed by atoms with Crippen molar-refractivity contribution in [2.45, 2.75) is 20.0 Å². The predicted octanol–water partition coefficient (Wildman–Crippen LogP) is 2.25. The number of nitrogens with zero attached hydrogens (tertiary/aromatic N) is 2. The second-order valence-electron chi connectivity index (χ2n) is 4.63. The van der Waals surface area contributed by atoms with Crippen molar-refractivity contribution in [2.75, 3.05) is 0 Å². The summed E-state index contributed by atoms with van der Waals surface area (Å²) >= 11 is 2.63. The number of hydrogen-bond acceptors (Lipinski definition) is 6. The number of nitrogens with one attached hydrogen (secondary N) is 1. The van der Waals surface area contributed by atoms with E-state index >= 15 is 0 Å². The molecule has 0 fully saturated rings. The Hall–Kier alpha value is -2.19. The number of oxazole rings is 1. The molecule has 8 heteroatoms. The van der Waals surface area contributed by atoms with E-state index in [9.17, 15) is 9.59 Å². The van der Waals surface area contributed by atoms with E-state index in [4.69, 9.17) is 4.42 Å². The fourth-order valence-corrected chi connectivity index (χ4v) is 3.28. The van der Waals surface area contributed by atoms with Crippen LogP contribution in [0.4, 0.5) is 0 Å². The van der Waals surface area contributed by atoms with Gasteiger partial charge in [-0.1, -0.05) is 17.4 Å². The molecule has 0 atom stereocenters. The minimum Gasteiger partial charge on any atom is -0.443 e. The smallest absolute Gasteiger partial charge is 0.307 e. The SMILES string of the molecule is Cc1csc(=O)n1CC(=O)NCc1coc(-c2cccs2)n1. The lowest BCUT2D eigenvalue weighted by molar-refractivity contribution is -0.121. The van der Waals surface area contributed by atoms with Crippen LogP contribution in [0.2, 0.25) is 0 Å². The molecule has 0 aliphatic carbocycles. The summed E-state index contributed by atoms with van der Waals surface area (Å²) in [7, 11) is 0. The number of aryl methyl sites for hydroxylation is 1. The Kier molecular flexibility index (Phi) is 4.21. The lowest BCUT2D eigenvalue weighted by Crippen LogP contribution is -2.30. The highest BCUT2D eigenvalue weighted by Gasteiger charge is 2.11. The minimum absolute atomic E-state index is 0.0177. The van der Waals surface area contributed by atoms with E-state index in [0.717, 1.165) is 21.9 Å². The molecule has 3 aromatic rings. The molecule has 0 radical (unpaired) electrons. The second kappa shape index (κ2) is 6.29. The zero-order valence-electron chi connectivity index (χ0n) is 11.7. The van der Waals surface area contributed by atoms with Gasteiger partial charge >= 0.3 is 4.87 Å². The first kappa shape index (κ1) is 14.7. The van der Waals surface area contributed by atoms with E-state index in [-0.39, 0.29) is 23.9 Å². The molecular weight excluding hydrogens is 322 g/mol. The van der Waals surface area contributed by atoms with Crippen molar-refractivity contribution in [3.05, 3.63) is 50.2 Å². The van der Waals surface area contributed by atoms with E-state index in [1.807, 2.05) is 17.5 Å². The summed E-state index contributed by atoms with van der Waals surface area (Å²) in [6.07, 6.45) is 1.53. The van der Waals surface area contributed by atoms with Gasteiger partial charge in [0.25, 0.3) is 0 Å². The Morgan fingerprint density at radius 3 is 3.00 bits per heavy atom. The van der Waals surface area contributed by atoms with Crippen molar-refractivity contribution in [1.29, 1.82) is 0 Å². The summed E-state index contributed by atoms with van der Waals surface area (Å²) < 4.78 is 6.82. The Balaban J connectivity index is 1.59. The third kappa shape index (κ3) is 3.18. The quantitative estimate of drug-likeness (QED) is 0.776. The monoisotopic (exact) mass is 335 g/mol. The van der Waals surface area contributed by atoms with Crippen LogP contribution in [0.5, 0.6) is 0 Å². The highest BCUT2D eigenvalue weighted by Crippen LogP contribution is 2.23. The maximum atomic E-state index is 11.9. The number of thiazole rings is 1. The Morgan fingerprint density at radius 1 is 1.45 bits per heavy atom. The number of aromatic nitrogens is 2. The molecule has 0 bridgehead atoms. The van der Waals surface area contributed by atoms with Crippen molar-refractivity contribution in [2.24, 2.45) is 0 Å². The molecule has 0 aromatic carbocycles.